The van der Waals surface area contributed by atoms with Crippen LogP contribution in [0.5, 0.6) is 0 Å². The third kappa shape index (κ3) is 2.34. The fraction of sp³-hybridized carbons (Fsp3) is 0.667. The molecule has 1 rings (SSSR count). The van der Waals surface area contributed by atoms with Gasteiger partial charge in [-0.05, 0) is 19.9 Å². The highest BCUT2D eigenvalue weighted by Crippen LogP contribution is 1.99. The fourth-order valence-electron chi connectivity index (χ4n) is 0.736. The van der Waals surface area contributed by atoms with Gasteiger partial charge in [0.25, 0.3) is 0 Å². The van der Waals surface area contributed by atoms with Gasteiger partial charge in [0, 0.05) is 6.54 Å². The first-order valence-electron chi connectivity index (χ1n) is 2.76. The number of hydrogen-bond donors (Lipinski definition) is 1. The van der Waals surface area contributed by atoms with Crippen molar-refractivity contribution < 1.29 is 0 Å². The van der Waals surface area contributed by atoms with Crippen molar-refractivity contribution >= 4 is 12.4 Å². The summed E-state index contributed by atoms with van der Waals surface area (Å²) in [6, 6.07) is 0. The molecule has 0 atom stereocenters. The lowest BCUT2D eigenvalue weighted by atomic mass is 10.1. The highest BCUT2D eigenvalue weighted by atomic mass is 35.5. The molecule has 0 aliphatic carbocycles. The van der Waals surface area contributed by atoms with Crippen molar-refractivity contribution in [2.24, 2.45) is 0 Å². The van der Waals surface area contributed by atoms with E-state index in [0.717, 1.165) is 6.54 Å². The van der Waals surface area contributed by atoms with Crippen LogP contribution >= 0.6 is 12.4 Å². The number of hydrogen-bond acceptors (Lipinski definition) is 1. The lowest BCUT2D eigenvalue weighted by Gasteiger charge is -2.08. The second kappa shape index (κ2) is 3.93. The maximum absolute atomic E-state index is 3.24. The summed E-state index contributed by atoms with van der Waals surface area (Å²) in [6.45, 7) is 4.43. The number of rotatable bonds is 0. The minimum Gasteiger partial charge on any atom is -0.313 e. The van der Waals surface area contributed by atoms with Crippen LogP contribution < -0.4 is 5.32 Å². The fourth-order valence-corrected chi connectivity index (χ4v) is 0.736. The van der Waals surface area contributed by atoms with Gasteiger partial charge in [0.15, 0.2) is 0 Å². The molecule has 0 aromatic rings. The van der Waals surface area contributed by atoms with Crippen molar-refractivity contribution in [3.05, 3.63) is 11.6 Å². The standard InChI is InChI=1S/C6H11N.ClH/c1-6-2-4-7-5-3-6;/h2,7H,3-5H2,1H3;1H. The first-order chi connectivity index (χ1) is 3.39. The van der Waals surface area contributed by atoms with Crippen LogP contribution in [0.1, 0.15) is 13.3 Å². The lowest BCUT2D eigenvalue weighted by Crippen LogP contribution is -2.19. The van der Waals surface area contributed by atoms with Gasteiger partial charge in [-0.15, -0.1) is 12.4 Å². The summed E-state index contributed by atoms with van der Waals surface area (Å²) in [5.41, 5.74) is 1.53. The molecule has 0 spiro atoms. The van der Waals surface area contributed by atoms with Crippen molar-refractivity contribution in [2.75, 3.05) is 13.1 Å². The predicted molar refractivity (Wildman–Crippen MR) is 38.5 cm³/mol. The molecule has 1 aliphatic rings. The van der Waals surface area contributed by atoms with Gasteiger partial charge >= 0.3 is 0 Å². The van der Waals surface area contributed by atoms with E-state index in [9.17, 15) is 0 Å². The Labute approximate surface area is 56.6 Å². The van der Waals surface area contributed by atoms with E-state index in [-0.39, 0.29) is 12.4 Å². The Kier molecular flexibility index (Phi) is 3.92. The van der Waals surface area contributed by atoms with E-state index in [1.165, 1.54) is 18.5 Å². The third-order valence-corrected chi connectivity index (χ3v) is 1.29. The molecule has 0 aromatic carbocycles. The molecule has 0 amide bonds. The highest BCUT2D eigenvalue weighted by molar-refractivity contribution is 5.85. The van der Waals surface area contributed by atoms with Crippen molar-refractivity contribution in [3.63, 3.8) is 0 Å². The molecule has 0 saturated carbocycles. The van der Waals surface area contributed by atoms with E-state index < -0.39 is 0 Å². The third-order valence-electron chi connectivity index (χ3n) is 1.29. The zero-order chi connectivity index (χ0) is 5.11. The summed E-state index contributed by atoms with van der Waals surface area (Å²) >= 11 is 0. The van der Waals surface area contributed by atoms with Crippen molar-refractivity contribution in [3.8, 4) is 0 Å². The molecule has 1 heterocycles. The molecule has 0 saturated heterocycles. The van der Waals surface area contributed by atoms with E-state index >= 15 is 0 Å². The van der Waals surface area contributed by atoms with Crippen LogP contribution in [0.25, 0.3) is 0 Å². The average Bonchev–Trinajstić information content (AvgIpc) is 1.69. The van der Waals surface area contributed by atoms with Crippen LogP contribution in [-0.2, 0) is 0 Å². The van der Waals surface area contributed by atoms with Crippen LogP contribution in [0, 0.1) is 0 Å². The first-order valence-corrected chi connectivity index (χ1v) is 2.76. The van der Waals surface area contributed by atoms with E-state index in [1.54, 1.807) is 0 Å². The molecule has 1 N–H and O–H groups in total. The summed E-state index contributed by atoms with van der Waals surface area (Å²) in [4.78, 5) is 0. The minimum atomic E-state index is 0. The Morgan fingerprint density at radius 3 is 2.62 bits per heavy atom. The van der Waals surface area contributed by atoms with Gasteiger partial charge in [-0.1, -0.05) is 11.6 Å². The Balaban J connectivity index is 0.000000490. The SMILES string of the molecule is CC1=CCNCC1.Cl. The molecular formula is C6H12ClN. The van der Waals surface area contributed by atoms with Crippen molar-refractivity contribution in [1.82, 2.24) is 5.32 Å². The Hall–Kier alpha value is -0.0100. The topological polar surface area (TPSA) is 12.0 Å². The van der Waals surface area contributed by atoms with E-state index in [2.05, 4.69) is 18.3 Å². The molecular weight excluding hydrogens is 122 g/mol. The van der Waals surface area contributed by atoms with Crippen LogP contribution in [0.3, 0.4) is 0 Å². The summed E-state index contributed by atoms with van der Waals surface area (Å²) in [5.74, 6) is 0. The highest BCUT2D eigenvalue weighted by Gasteiger charge is 1.93. The summed E-state index contributed by atoms with van der Waals surface area (Å²) in [7, 11) is 0. The van der Waals surface area contributed by atoms with E-state index in [0.29, 0.717) is 0 Å². The summed E-state index contributed by atoms with van der Waals surface area (Å²) < 4.78 is 0. The zero-order valence-electron chi connectivity index (χ0n) is 5.11. The number of nitrogens with one attached hydrogen (secondary N) is 1. The zero-order valence-corrected chi connectivity index (χ0v) is 5.92. The van der Waals surface area contributed by atoms with Crippen LogP contribution in [0.4, 0.5) is 0 Å². The van der Waals surface area contributed by atoms with E-state index in [4.69, 9.17) is 0 Å². The second-order valence-corrected chi connectivity index (χ2v) is 2.00. The quantitative estimate of drug-likeness (QED) is 0.492. The maximum atomic E-state index is 3.24. The summed E-state index contributed by atoms with van der Waals surface area (Å²) in [6.07, 6.45) is 3.48. The predicted octanol–water partition coefficient (Wildman–Crippen LogP) is 1.35. The van der Waals surface area contributed by atoms with Gasteiger partial charge in [-0.3, -0.25) is 0 Å². The maximum Gasteiger partial charge on any atom is 0.0137 e. The normalized spacial score (nSPS) is 18.9. The smallest absolute Gasteiger partial charge is 0.0137 e. The van der Waals surface area contributed by atoms with Crippen LogP contribution in [0.2, 0.25) is 0 Å². The van der Waals surface area contributed by atoms with Crippen LogP contribution in [0.15, 0.2) is 11.6 Å². The molecule has 0 radical (unpaired) electrons. The van der Waals surface area contributed by atoms with E-state index in [1.807, 2.05) is 0 Å². The molecule has 48 valence electrons. The Bertz CT molecular complexity index is 88.5. The van der Waals surface area contributed by atoms with Crippen molar-refractivity contribution in [2.45, 2.75) is 13.3 Å². The molecule has 8 heavy (non-hydrogen) atoms. The number of halogens is 1. The molecule has 0 unspecified atom stereocenters. The van der Waals surface area contributed by atoms with Gasteiger partial charge in [0.05, 0.1) is 0 Å². The molecule has 1 nitrogen and oxygen atoms in total. The molecule has 2 heteroatoms. The van der Waals surface area contributed by atoms with Crippen molar-refractivity contribution in [1.29, 1.82) is 0 Å². The Morgan fingerprint density at radius 2 is 2.38 bits per heavy atom. The van der Waals surface area contributed by atoms with Gasteiger partial charge in [0.2, 0.25) is 0 Å². The Morgan fingerprint density at radius 1 is 1.62 bits per heavy atom. The molecule has 1 aliphatic heterocycles. The van der Waals surface area contributed by atoms with Gasteiger partial charge in [-0.25, -0.2) is 0 Å². The largest absolute Gasteiger partial charge is 0.313 e. The summed E-state index contributed by atoms with van der Waals surface area (Å²) in [5, 5.41) is 3.24. The average molecular weight is 134 g/mol. The second-order valence-electron chi connectivity index (χ2n) is 2.00. The van der Waals surface area contributed by atoms with Gasteiger partial charge < -0.3 is 5.32 Å². The van der Waals surface area contributed by atoms with Crippen LogP contribution in [-0.4, -0.2) is 13.1 Å². The van der Waals surface area contributed by atoms with Gasteiger partial charge in [0.1, 0.15) is 0 Å². The van der Waals surface area contributed by atoms with Gasteiger partial charge in [-0.2, -0.15) is 0 Å². The molecule has 0 fully saturated rings. The minimum absolute atomic E-state index is 0. The molecule has 0 aromatic heterocycles. The monoisotopic (exact) mass is 133 g/mol. The lowest BCUT2D eigenvalue weighted by molar-refractivity contribution is 0.703. The molecule has 0 bridgehead atoms. The first kappa shape index (κ1) is 7.99.